The van der Waals surface area contributed by atoms with Crippen molar-refractivity contribution in [2.24, 2.45) is 23.5 Å². The molecule has 2 aromatic rings. The molecule has 1 aliphatic carbocycles. The molecule has 16 nitrogen and oxygen atoms in total. The Hall–Kier alpha value is -3.74. The molecule has 17 heteroatoms. The van der Waals surface area contributed by atoms with Crippen molar-refractivity contribution in [3.05, 3.63) is 24.2 Å². The van der Waals surface area contributed by atoms with Gasteiger partial charge in [0.2, 0.25) is 5.60 Å². The lowest BCUT2D eigenvalue weighted by Gasteiger charge is -2.36. The van der Waals surface area contributed by atoms with E-state index < -0.39 is 68.4 Å². The Balaban J connectivity index is 1.87. The normalized spacial score (nSPS) is 20.1. The maximum Gasteiger partial charge on any atom is 0.613 e. The zero-order chi connectivity index (χ0) is 34.9. The van der Waals surface area contributed by atoms with Crippen LogP contribution in [0.15, 0.2) is 18.5 Å². The molecule has 0 bridgehead atoms. The fourth-order valence-electron chi connectivity index (χ4n) is 4.87. The van der Waals surface area contributed by atoms with E-state index in [1.807, 2.05) is 6.07 Å². The summed E-state index contributed by atoms with van der Waals surface area (Å²) >= 11 is 0. The maximum atomic E-state index is 13.0. The number of carbonyl (C=O) groups excluding carboxylic acids is 3. The molecule has 0 saturated heterocycles. The molecular formula is C30H45N7O9P+. The Bertz CT molecular complexity index is 1450. The lowest BCUT2D eigenvalue weighted by atomic mass is 9.87. The summed E-state index contributed by atoms with van der Waals surface area (Å²) in [5, 5.41) is 17.2. The summed E-state index contributed by atoms with van der Waals surface area (Å²) < 4.78 is 42.6. The van der Waals surface area contributed by atoms with E-state index in [0.717, 1.165) is 25.7 Å². The Labute approximate surface area is 274 Å². The number of nitrogen functional groups attached to an aromatic ring is 1. The highest BCUT2D eigenvalue weighted by atomic mass is 31.1. The van der Waals surface area contributed by atoms with Gasteiger partial charge in [-0.05, 0) is 55.2 Å². The summed E-state index contributed by atoms with van der Waals surface area (Å²) in [7, 11) is -1.61. The summed E-state index contributed by atoms with van der Waals surface area (Å²) in [6.45, 7) is 7.32. The van der Waals surface area contributed by atoms with Gasteiger partial charge in [-0.3, -0.25) is 14.4 Å². The number of anilines is 1. The van der Waals surface area contributed by atoms with Crippen molar-refractivity contribution in [2.45, 2.75) is 90.2 Å². The Morgan fingerprint density at radius 2 is 1.72 bits per heavy atom. The van der Waals surface area contributed by atoms with Crippen LogP contribution in [0, 0.1) is 29.1 Å². The van der Waals surface area contributed by atoms with Gasteiger partial charge in [-0.15, -0.1) is 4.52 Å². The molecular weight excluding hydrogens is 633 g/mol. The molecule has 1 fully saturated rings. The van der Waals surface area contributed by atoms with Gasteiger partial charge in [0.05, 0.1) is 24.1 Å². The van der Waals surface area contributed by atoms with Crippen LogP contribution >= 0.6 is 8.18 Å². The number of rotatable bonds is 16. The third-order valence-electron chi connectivity index (χ3n) is 7.92. The average Bonchev–Trinajstić information content (AvgIpc) is 3.48. The minimum absolute atomic E-state index is 0.121. The van der Waals surface area contributed by atoms with Crippen LogP contribution in [-0.4, -0.2) is 76.6 Å². The molecule has 2 heterocycles. The summed E-state index contributed by atoms with van der Waals surface area (Å²) in [4.78, 5) is 42.6. The molecule has 2 aromatic heterocycles. The molecule has 0 radical (unpaired) electrons. The Kier molecular flexibility index (Phi) is 13.6. The predicted molar refractivity (Wildman–Crippen MR) is 168 cm³/mol. The van der Waals surface area contributed by atoms with Crippen LogP contribution in [-0.2, 0) is 42.4 Å². The van der Waals surface area contributed by atoms with E-state index in [0.29, 0.717) is 5.52 Å². The van der Waals surface area contributed by atoms with Crippen LogP contribution in [0.25, 0.3) is 5.52 Å². The van der Waals surface area contributed by atoms with E-state index >= 15 is 0 Å². The molecule has 0 amide bonds. The van der Waals surface area contributed by atoms with Gasteiger partial charge in [-0.2, -0.15) is 10.4 Å². The fourth-order valence-corrected chi connectivity index (χ4v) is 5.68. The number of carbonyl (C=O) groups is 3. The molecule has 0 spiro atoms. The van der Waals surface area contributed by atoms with Crippen molar-refractivity contribution < 1.29 is 42.4 Å². The topological polar surface area (TPSA) is 232 Å². The highest BCUT2D eigenvalue weighted by Gasteiger charge is 2.53. The van der Waals surface area contributed by atoms with Gasteiger partial charge in [0.1, 0.15) is 24.0 Å². The van der Waals surface area contributed by atoms with Crippen molar-refractivity contribution in [1.82, 2.24) is 19.7 Å². The molecule has 1 aliphatic rings. The van der Waals surface area contributed by atoms with Gasteiger partial charge in [0, 0.05) is 13.2 Å². The first kappa shape index (κ1) is 37.7. The number of ether oxygens (including phenoxy) is 4. The summed E-state index contributed by atoms with van der Waals surface area (Å²) in [5.74, 6) is -3.00. The fraction of sp³-hybridized carbons (Fsp3) is 0.667. The minimum Gasteiger partial charge on any atom is -0.464 e. The quantitative estimate of drug-likeness (QED) is 0.132. The Morgan fingerprint density at radius 3 is 2.32 bits per heavy atom. The third-order valence-corrected chi connectivity index (χ3v) is 8.88. The number of esters is 3. The molecule has 0 aliphatic heterocycles. The molecule has 258 valence electrons. The Morgan fingerprint density at radius 1 is 1.09 bits per heavy atom. The van der Waals surface area contributed by atoms with Crippen LogP contribution in [0.2, 0.25) is 0 Å². The number of aromatic nitrogens is 3. The van der Waals surface area contributed by atoms with Gasteiger partial charge in [-0.1, -0.05) is 32.8 Å². The van der Waals surface area contributed by atoms with E-state index in [1.54, 1.807) is 33.8 Å². The molecule has 1 saturated carbocycles. The van der Waals surface area contributed by atoms with Crippen molar-refractivity contribution in [3.8, 4) is 6.07 Å². The highest BCUT2D eigenvalue weighted by molar-refractivity contribution is 7.36. The van der Waals surface area contributed by atoms with Crippen molar-refractivity contribution >= 4 is 37.4 Å². The standard InChI is InChI=1S/C30H45N7O9P/c1-17(2)27(38)45-24(22-11-12-23-26(33)34-16-35-37(22)23)25(46-28(39)18(3)4)30(14-31,42-6)15-44-47(41)36-19(5)29(40)43-13-20-7-9-21(32)10-8-20/h11-12,16-21,24-25H,7-10,13,15,32H2,1-6H3,(H,36,41)(H2,33,34,35)/q+1/t19-,20?,21?,24-,25-,30+/m0/s1. The van der Waals surface area contributed by atoms with Crippen LogP contribution in [0.1, 0.15) is 72.1 Å². The van der Waals surface area contributed by atoms with Crippen LogP contribution in [0.3, 0.4) is 0 Å². The van der Waals surface area contributed by atoms with Crippen LogP contribution in [0.4, 0.5) is 5.82 Å². The number of nitrogens with zero attached hydrogens (tertiary/aromatic N) is 4. The monoisotopic (exact) mass is 678 g/mol. The van der Waals surface area contributed by atoms with Gasteiger partial charge in [-0.25, -0.2) is 9.50 Å². The molecule has 1 unspecified atom stereocenters. The van der Waals surface area contributed by atoms with E-state index in [2.05, 4.69) is 15.2 Å². The van der Waals surface area contributed by atoms with Gasteiger partial charge in [0.15, 0.2) is 24.6 Å². The van der Waals surface area contributed by atoms with E-state index in [9.17, 15) is 24.2 Å². The van der Waals surface area contributed by atoms with E-state index in [1.165, 1.54) is 30.9 Å². The first-order valence-electron chi connectivity index (χ1n) is 15.5. The predicted octanol–water partition coefficient (Wildman–Crippen LogP) is 2.74. The number of nitrogens with two attached hydrogens (primary N) is 2. The first-order valence-corrected chi connectivity index (χ1v) is 16.6. The number of fused-ring (bicyclic) bond motifs is 1. The SMILES string of the molecule is CO[C@](C#N)(CO[P+](=O)N[C@@H](C)C(=O)OCC1CCC(N)CC1)[C@@H](OC(=O)C(C)C)[C@@H](OC(=O)C(C)C)c1ccc2c(N)ncnn12. The number of hydrogen-bond donors (Lipinski definition) is 3. The molecule has 5 N–H and O–H groups in total. The van der Waals surface area contributed by atoms with Gasteiger partial charge in [0.25, 0.3) is 0 Å². The molecule has 5 atom stereocenters. The zero-order valence-corrected chi connectivity index (χ0v) is 28.5. The maximum absolute atomic E-state index is 13.0. The van der Waals surface area contributed by atoms with Crippen LogP contribution < -0.4 is 16.6 Å². The smallest absolute Gasteiger partial charge is 0.464 e. The second kappa shape index (κ2) is 16.9. The average molecular weight is 679 g/mol. The first-order chi connectivity index (χ1) is 22.2. The number of nitriles is 1. The van der Waals surface area contributed by atoms with Crippen molar-refractivity contribution in [2.75, 3.05) is 26.1 Å². The minimum atomic E-state index is -2.78. The summed E-state index contributed by atoms with van der Waals surface area (Å²) in [5.41, 5.74) is 10.3. The number of hydrogen-bond acceptors (Lipinski definition) is 14. The molecule has 3 rings (SSSR count). The van der Waals surface area contributed by atoms with E-state index in [-0.39, 0.29) is 30.1 Å². The second-order valence-electron chi connectivity index (χ2n) is 12.2. The lowest BCUT2D eigenvalue weighted by Crippen LogP contribution is -2.53. The number of nitrogens with one attached hydrogen (secondary N) is 1. The molecule has 47 heavy (non-hydrogen) atoms. The number of methoxy groups -OCH3 is 1. The van der Waals surface area contributed by atoms with Gasteiger partial charge >= 0.3 is 26.1 Å². The second-order valence-corrected chi connectivity index (χ2v) is 13.3. The van der Waals surface area contributed by atoms with Gasteiger partial charge < -0.3 is 30.4 Å². The zero-order valence-electron chi connectivity index (χ0n) is 27.6. The van der Waals surface area contributed by atoms with E-state index in [4.69, 9.17) is 34.9 Å². The summed E-state index contributed by atoms with van der Waals surface area (Å²) in [6.07, 6.45) is 1.48. The summed E-state index contributed by atoms with van der Waals surface area (Å²) in [6, 6.07) is 4.22. The van der Waals surface area contributed by atoms with Crippen molar-refractivity contribution in [1.29, 1.82) is 5.26 Å². The third kappa shape index (κ3) is 9.65. The largest absolute Gasteiger partial charge is 0.613 e. The highest BCUT2D eigenvalue weighted by Crippen LogP contribution is 2.37. The lowest BCUT2D eigenvalue weighted by molar-refractivity contribution is -0.197. The van der Waals surface area contributed by atoms with Crippen molar-refractivity contribution in [3.63, 3.8) is 0 Å². The van der Waals surface area contributed by atoms with Crippen LogP contribution in [0.5, 0.6) is 0 Å². The molecule has 0 aromatic carbocycles.